The maximum Gasteiger partial charge on any atom is 0.433 e. The van der Waals surface area contributed by atoms with E-state index in [1.165, 1.54) is 25.2 Å². The number of carbonyl (C=O) groups excluding carboxylic acids is 4. The number of halogens is 3. The minimum Gasteiger partial charge on any atom is -0.495 e. The largest absolute Gasteiger partial charge is 0.495 e. The fourth-order valence-corrected chi connectivity index (χ4v) is 6.62. The number of anilines is 2. The number of carbonyl (C=O) groups is 4. The maximum atomic E-state index is 13.1. The smallest absolute Gasteiger partial charge is 0.433 e. The summed E-state index contributed by atoms with van der Waals surface area (Å²) in [7, 11) is 2.91. The number of amides is 5. The van der Waals surface area contributed by atoms with Crippen LogP contribution >= 0.6 is 0 Å². The molecule has 4 heterocycles. The van der Waals surface area contributed by atoms with Crippen molar-refractivity contribution in [3.8, 4) is 11.5 Å². The lowest BCUT2D eigenvalue weighted by molar-refractivity contribution is -0.141. The first kappa shape index (κ1) is 38.0. The number of nitrogens with one attached hydrogen (secondary N) is 3. The van der Waals surface area contributed by atoms with Crippen molar-refractivity contribution < 1.29 is 41.8 Å². The number of likely N-dealkylation sites (tertiary alicyclic amines) is 1. The molecule has 2 saturated heterocycles. The van der Waals surface area contributed by atoms with E-state index in [0.717, 1.165) is 69.3 Å². The molecular weight excluding hydrogens is 709 g/mol. The van der Waals surface area contributed by atoms with Crippen LogP contribution in [0.2, 0.25) is 0 Å². The number of benzene rings is 2. The average molecular weight is 751 g/mol. The van der Waals surface area contributed by atoms with Gasteiger partial charge in [0, 0.05) is 55.8 Å². The highest BCUT2D eigenvalue weighted by atomic mass is 19.4. The number of imide groups is 1. The van der Waals surface area contributed by atoms with E-state index in [1.807, 2.05) is 10.9 Å². The number of aromatic nitrogens is 3. The molecule has 54 heavy (non-hydrogen) atoms. The second kappa shape index (κ2) is 16.5. The standard InChI is InChI=1S/C37H41F3N8O6/c1-53-30-10-9-23(20-29(30)47-18-13-33(49)44-36(47)52)34(50)41-14-4-3-5-15-46-16-11-25(12-17-46)48-22-24-19-28(31(54-2)21-27(24)45-48)43-35(51)26-7-6-8-32(42-26)37(38,39)40/h6-10,19-22,25H,3-5,11-18H2,1-2H3,(H,41,50)(H,43,51)(H,44,49,52). The molecule has 0 spiro atoms. The SMILES string of the molecule is COc1cc2nn(C3CCN(CCCCCNC(=O)c4ccc(OC)c(N5CCC(=O)NC5=O)c4)CC3)cc2cc1NC(=O)c1cccc(C(F)(F)F)n1. The summed E-state index contributed by atoms with van der Waals surface area (Å²) in [5.41, 5.74) is 0.250. The van der Waals surface area contributed by atoms with Crippen molar-refractivity contribution in [1.29, 1.82) is 0 Å². The van der Waals surface area contributed by atoms with E-state index < -0.39 is 23.8 Å². The summed E-state index contributed by atoms with van der Waals surface area (Å²) in [4.78, 5) is 56.9. The van der Waals surface area contributed by atoms with Gasteiger partial charge in [0.25, 0.3) is 11.8 Å². The number of pyridine rings is 1. The van der Waals surface area contributed by atoms with Crippen LogP contribution in [0.5, 0.6) is 11.5 Å². The molecule has 2 aliphatic heterocycles. The summed E-state index contributed by atoms with van der Waals surface area (Å²) in [6.45, 7) is 3.43. The lowest BCUT2D eigenvalue weighted by Gasteiger charge is -2.32. The molecule has 2 fully saturated rings. The molecule has 0 aliphatic carbocycles. The zero-order chi connectivity index (χ0) is 38.4. The highest BCUT2D eigenvalue weighted by Crippen LogP contribution is 2.33. The number of rotatable bonds is 13. The van der Waals surface area contributed by atoms with Crippen molar-refractivity contribution in [2.24, 2.45) is 0 Å². The number of fused-ring (bicyclic) bond motifs is 1. The van der Waals surface area contributed by atoms with Crippen molar-refractivity contribution in [3.63, 3.8) is 0 Å². The summed E-state index contributed by atoms with van der Waals surface area (Å²) < 4.78 is 52.1. The Hall–Kier alpha value is -5.71. The Labute approximate surface area is 309 Å². The van der Waals surface area contributed by atoms with Crippen molar-refractivity contribution in [2.75, 3.05) is 57.2 Å². The van der Waals surface area contributed by atoms with E-state index in [-0.39, 0.29) is 36.5 Å². The van der Waals surface area contributed by atoms with Gasteiger partial charge in [-0.05, 0) is 68.6 Å². The van der Waals surface area contributed by atoms with Gasteiger partial charge in [0.2, 0.25) is 5.91 Å². The van der Waals surface area contributed by atoms with E-state index in [9.17, 15) is 32.3 Å². The third kappa shape index (κ3) is 8.90. The summed E-state index contributed by atoms with van der Waals surface area (Å²) in [6, 6.07) is 11.0. The molecule has 3 N–H and O–H groups in total. The maximum absolute atomic E-state index is 13.1. The van der Waals surface area contributed by atoms with Gasteiger partial charge in [-0.3, -0.25) is 29.3 Å². The molecule has 2 aliphatic rings. The molecule has 6 rings (SSSR count). The monoisotopic (exact) mass is 750 g/mol. The Morgan fingerprint density at radius 3 is 2.44 bits per heavy atom. The number of alkyl halides is 3. The van der Waals surface area contributed by atoms with Crippen LogP contribution in [-0.4, -0.2) is 90.4 Å². The van der Waals surface area contributed by atoms with E-state index >= 15 is 0 Å². The van der Waals surface area contributed by atoms with Crippen LogP contribution in [0, 0.1) is 0 Å². The Morgan fingerprint density at radius 1 is 0.944 bits per heavy atom. The molecule has 0 atom stereocenters. The lowest BCUT2D eigenvalue weighted by Crippen LogP contribution is -2.49. The topological polar surface area (TPSA) is 160 Å². The third-order valence-electron chi connectivity index (χ3n) is 9.52. The molecule has 2 aromatic carbocycles. The molecule has 0 saturated carbocycles. The number of piperidine rings is 1. The van der Waals surface area contributed by atoms with Crippen molar-refractivity contribution in [2.45, 2.75) is 50.7 Å². The van der Waals surface area contributed by atoms with Gasteiger partial charge in [-0.15, -0.1) is 0 Å². The Morgan fingerprint density at radius 2 is 1.72 bits per heavy atom. The minimum atomic E-state index is -4.67. The first-order chi connectivity index (χ1) is 25.9. The minimum absolute atomic E-state index is 0.157. The van der Waals surface area contributed by atoms with Crippen LogP contribution in [0.4, 0.5) is 29.3 Å². The fourth-order valence-electron chi connectivity index (χ4n) is 6.62. The quantitative estimate of drug-likeness (QED) is 0.152. The molecule has 14 nitrogen and oxygen atoms in total. The van der Waals surface area contributed by atoms with Crippen LogP contribution in [0.25, 0.3) is 10.9 Å². The Kier molecular flexibility index (Phi) is 11.6. The number of urea groups is 1. The second-order valence-corrected chi connectivity index (χ2v) is 13.1. The normalized spacial score (nSPS) is 15.6. The molecule has 17 heteroatoms. The number of methoxy groups -OCH3 is 2. The summed E-state index contributed by atoms with van der Waals surface area (Å²) in [6.07, 6.45) is 1.90. The predicted molar refractivity (Wildman–Crippen MR) is 193 cm³/mol. The third-order valence-corrected chi connectivity index (χ3v) is 9.52. The van der Waals surface area contributed by atoms with Crippen molar-refractivity contribution >= 4 is 46.0 Å². The number of hydrogen-bond acceptors (Lipinski definition) is 9. The van der Waals surface area contributed by atoms with Crippen LogP contribution < -0.4 is 30.3 Å². The predicted octanol–water partition coefficient (Wildman–Crippen LogP) is 5.40. The van der Waals surface area contributed by atoms with Gasteiger partial charge in [-0.2, -0.15) is 18.3 Å². The number of ether oxygens (including phenoxy) is 2. The molecule has 5 amide bonds. The van der Waals surface area contributed by atoms with Gasteiger partial charge < -0.3 is 25.0 Å². The van der Waals surface area contributed by atoms with Gasteiger partial charge in [0.1, 0.15) is 22.9 Å². The van der Waals surface area contributed by atoms with Crippen molar-refractivity contribution in [1.82, 2.24) is 30.3 Å². The van der Waals surface area contributed by atoms with E-state index in [4.69, 9.17) is 14.6 Å². The number of unbranched alkanes of at least 4 members (excludes halogenated alkanes) is 2. The Bertz CT molecular complexity index is 2030. The summed E-state index contributed by atoms with van der Waals surface area (Å²) in [5.74, 6) is -0.649. The van der Waals surface area contributed by atoms with Gasteiger partial charge in [0.15, 0.2) is 0 Å². The van der Waals surface area contributed by atoms with Gasteiger partial charge in [-0.25, -0.2) is 9.78 Å². The van der Waals surface area contributed by atoms with Crippen LogP contribution in [0.15, 0.2) is 54.7 Å². The fraction of sp³-hybridized carbons (Fsp3) is 0.405. The molecule has 0 radical (unpaired) electrons. The molecule has 2 aromatic heterocycles. The van der Waals surface area contributed by atoms with Crippen LogP contribution in [-0.2, 0) is 11.0 Å². The average Bonchev–Trinajstić information content (AvgIpc) is 3.58. The summed E-state index contributed by atoms with van der Waals surface area (Å²) >= 11 is 0. The molecular formula is C37H41F3N8O6. The number of hydrogen-bond donors (Lipinski definition) is 3. The van der Waals surface area contributed by atoms with Gasteiger partial charge in [0.05, 0.1) is 37.2 Å². The van der Waals surface area contributed by atoms with Gasteiger partial charge >= 0.3 is 12.2 Å². The molecule has 4 aromatic rings. The first-order valence-corrected chi connectivity index (χ1v) is 17.7. The highest BCUT2D eigenvalue weighted by molar-refractivity contribution is 6.07. The summed E-state index contributed by atoms with van der Waals surface area (Å²) in [5, 5.41) is 13.4. The zero-order valence-corrected chi connectivity index (χ0v) is 29.9. The van der Waals surface area contributed by atoms with E-state index in [0.29, 0.717) is 40.5 Å². The van der Waals surface area contributed by atoms with E-state index in [1.54, 1.807) is 30.3 Å². The van der Waals surface area contributed by atoms with Crippen LogP contribution in [0.1, 0.15) is 71.1 Å². The molecule has 286 valence electrons. The van der Waals surface area contributed by atoms with Crippen molar-refractivity contribution in [3.05, 3.63) is 71.7 Å². The Balaban J connectivity index is 0.945. The zero-order valence-electron chi connectivity index (χ0n) is 29.9. The highest BCUT2D eigenvalue weighted by Gasteiger charge is 2.33. The van der Waals surface area contributed by atoms with E-state index in [2.05, 4.69) is 25.8 Å². The molecule has 0 bridgehead atoms. The van der Waals surface area contributed by atoms with Gasteiger partial charge in [-0.1, -0.05) is 12.5 Å². The van der Waals surface area contributed by atoms with Crippen LogP contribution in [0.3, 0.4) is 0 Å². The first-order valence-electron chi connectivity index (χ1n) is 17.7. The lowest BCUT2D eigenvalue weighted by atomic mass is 10.0. The molecule has 0 unspecified atom stereocenters. The second-order valence-electron chi connectivity index (χ2n) is 13.1. The number of nitrogens with zero attached hydrogens (tertiary/aromatic N) is 5.